The normalized spacial score (nSPS) is 15.1. The number of methoxy groups -OCH3 is 1. The predicted molar refractivity (Wildman–Crippen MR) is 81.0 cm³/mol. The minimum atomic E-state index is -3.56. The molecule has 0 heterocycles. The van der Waals surface area contributed by atoms with Crippen LogP contribution in [0.15, 0.2) is 27.6 Å². The maximum absolute atomic E-state index is 12.6. The SMILES string of the molecule is C#CCN(CC1CC1)S(=O)(=O)c1ccc(OC)c(Br)c1. The minimum Gasteiger partial charge on any atom is -0.496 e. The highest BCUT2D eigenvalue weighted by molar-refractivity contribution is 9.10. The molecule has 0 N–H and O–H groups in total. The maximum atomic E-state index is 12.6. The Bertz CT molecular complexity index is 632. The Hall–Kier alpha value is -1.03. The number of sulfonamides is 1. The molecule has 4 nitrogen and oxygen atoms in total. The van der Waals surface area contributed by atoms with E-state index in [-0.39, 0.29) is 11.4 Å². The number of nitrogens with zero attached hydrogens (tertiary/aromatic N) is 1. The fourth-order valence-electron chi connectivity index (χ4n) is 1.89. The summed E-state index contributed by atoms with van der Waals surface area (Å²) in [5, 5.41) is 0. The number of terminal acetylenes is 1. The van der Waals surface area contributed by atoms with E-state index in [0.717, 1.165) is 12.8 Å². The molecule has 1 aliphatic rings. The lowest BCUT2D eigenvalue weighted by molar-refractivity contribution is 0.411. The molecule has 0 aliphatic heterocycles. The summed E-state index contributed by atoms with van der Waals surface area (Å²) in [4.78, 5) is 0.223. The molecule has 1 fully saturated rings. The van der Waals surface area contributed by atoms with E-state index in [0.29, 0.717) is 22.7 Å². The van der Waals surface area contributed by atoms with Crippen LogP contribution in [-0.4, -0.2) is 32.9 Å². The molecule has 0 unspecified atom stereocenters. The Morgan fingerprint density at radius 1 is 1.50 bits per heavy atom. The van der Waals surface area contributed by atoms with Crippen molar-refractivity contribution in [2.24, 2.45) is 5.92 Å². The monoisotopic (exact) mass is 357 g/mol. The van der Waals surface area contributed by atoms with E-state index in [9.17, 15) is 8.42 Å². The fourth-order valence-corrected chi connectivity index (χ4v) is 4.04. The summed E-state index contributed by atoms with van der Waals surface area (Å²) in [6.07, 6.45) is 7.44. The van der Waals surface area contributed by atoms with Crippen molar-refractivity contribution in [1.29, 1.82) is 0 Å². The van der Waals surface area contributed by atoms with Crippen LogP contribution in [0.3, 0.4) is 0 Å². The van der Waals surface area contributed by atoms with Crippen LogP contribution in [0.4, 0.5) is 0 Å². The topological polar surface area (TPSA) is 46.6 Å². The quantitative estimate of drug-likeness (QED) is 0.734. The number of ether oxygens (including phenoxy) is 1. The third-order valence-corrected chi connectivity index (χ3v) is 5.61. The number of hydrogen-bond donors (Lipinski definition) is 0. The van der Waals surface area contributed by atoms with Gasteiger partial charge >= 0.3 is 0 Å². The summed E-state index contributed by atoms with van der Waals surface area (Å²) in [5.41, 5.74) is 0. The van der Waals surface area contributed by atoms with E-state index in [4.69, 9.17) is 11.2 Å². The van der Waals surface area contributed by atoms with Gasteiger partial charge in [0.1, 0.15) is 5.75 Å². The van der Waals surface area contributed by atoms with Gasteiger partial charge in [0, 0.05) is 6.54 Å². The van der Waals surface area contributed by atoms with Crippen molar-refractivity contribution in [3.63, 3.8) is 0 Å². The molecule has 2 rings (SSSR count). The Morgan fingerprint density at radius 3 is 2.70 bits per heavy atom. The standard InChI is InChI=1S/C14H16BrNO3S/c1-3-8-16(10-11-4-5-11)20(17,18)12-6-7-14(19-2)13(15)9-12/h1,6-7,9,11H,4-5,8,10H2,2H3. The summed E-state index contributed by atoms with van der Waals surface area (Å²) in [7, 11) is -2.03. The molecule has 0 amide bonds. The molecule has 0 bridgehead atoms. The van der Waals surface area contributed by atoms with Crippen LogP contribution < -0.4 is 4.74 Å². The molecule has 108 valence electrons. The summed E-state index contributed by atoms with van der Waals surface area (Å²) in [6.45, 7) is 0.596. The highest BCUT2D eigenvalue weighted by atomic mass is 79.9. The lowest BCUT2D eigenvalue weighted by Crippen LogP contribution is -2.33. The van der Waals surface area contributed by atoms with E-state index >= 15 is 0 Å². The van der Waals surface area contributed by atoms with Gasteiger partial charge in [-0.05, 0) is 52.9 Å². The fraction of sp³-hybridized carbons (Fsp3) is 0.429. The van der Waals surface area contributed by atoms with Crippen molar-refractivity contribution >= 4 is 26.0 Å². The van der Waals surface area contributed by atoms with Crippen molar-refractivity contribution in [3.05, 3.63) is 22.7 Å². The zero-order chi connectivity index (χ0) is 14.8. The zero-order valence-electron chi connectivity index (χ0n) is 11.2. The van der Waals surface area contributed by atoms with Crippen LogP contribution in [-0.2, 0) is 10.0 Å². The van der Waals surface area contributed by atoms with Gasteiger partial charge in [-0.1, -0.05) is 5.92 Å². The van der Waals surface area contributed by atoms with Crippen molar-refractivity contribution in [2.75, 3.05) is 20.2 Å². The van der Waals surface area contributed by atoms with Crippen molar-refractivity contribution in [2.45, 2.75) is 17.7 Å². The average molecular weight is 358 g/mol. The summed E-state index contributed by atoms with van der Waals surface area (Å²) in [6, 6.07) is 4.71. The Kier molecular flexibility index (Phi) is 4.74. The van der Waals surface area contributed by atoms with Gasteiger partial charge in [-0.25, -0.2) is 8.42 Å². The van der Waals surface area contributed by atoms with Gasteiger partial charge in [-0.2, -0.15) is 4.31 Å². The lowest BCUT2D eigenvalue weighted by Gasteiger charge is -2.20. The predicted octanol–water partition coefficient (Wildman–Crippen LogP) is 2.49. The Balaban J connectivity index is 2.31. The van der Waals surface area contributed by atoms with E-state index in [1.807, 2.05) is 0 Å². The van der Waals surface area contributed by atoms with Crippen LogP contribution in [0.5, 0.6) is 5.75 Å². The smallest absolute Gasteiger partial charge is 0.243 e. The molecule has 0 radical (unpaired) electrons. The van der Waals surface area contributed by atoms with Crippen molar-refractivity contribution in [3.8, 4) is 18.1 Å². The minimum absolute atomic E-state index is 0.0997. The molecular formula is C14H16BrNO3S. The number of halogens is 1. The lowest BCUT2D eigenvalue weighted by atomic mass is 10.3. The molecule has 0 spiro atoms. The second kappa shape index (κ2) is 6.17. The number of rotatable bonds is 6. The van der Waals surface area contributed by atoms with E-state index in [1.54, 1.807) is 12.1 Å². The molecule has 1 aliphatic carbocycles. The molecule has 0 aromatic heterocycles. The van der Waals surface area contributed by atoms with Crippen LogP contribution in [0, 0.1) is 18.3 Å². The van der Waals surface area contributed by atoms with Crippen LogP contribution in [0.25, 0.3) is 0 Å². The van der Waals surface area contributed by atoms with E-state index in [2.05, 4.69) is 21.9 Å². The van der Waals surface area contributed by atoms with Gasteiger partial charge in [0.15, 0.2) is 0 Å². The second-order valence-corrected chi connectivity index (χ2v) is 7.53. The van der Waals surface area contributed by atoms with Gasteiger partial charge in [-0.3, -0.25) is 0 Å². The molecular weight excluding hydrogens is 342 g/mol. The van der Waals surface area contributed by atoms with Crippen LogP contribution >= 0.6 is 15.9 Å². The third kappa shape index (κ3) is 3.35. The average Bonchev–Trinajstić information content (AvgIpc) is 3.22. The van der Waals surface area contributed by atoms with Gasteiger partial charge in [0.2, 0.25) is 10.0 Å². The molecule has 1 saturated carbocycles. The molecule has 0 saturated heterocycles. The summed E-state index contributed by atoms with van der Waals surface area (Å²) in [5.74, 6) is 3.46. The van der Waals surface area contributed by atoms with Gasteiger partial charge < -0.3 is 4.74 Å². The van der Waals surface area contributed by atoms with Crippen molar-refractivity contribution in [1.82, 2.24) is 4.31 Å². The van der Waals surface area contributed by atoms with Gasteiger partial charge in [0.05, 0.1) is 23.0 Å². The zero-order valence-corrected chi connectivity index (χ0v) is 13.6. The third-order valence-electron chi connectivity index (χ3n) is 3.19. The molecule has 6 heteroatoms. The first-order valence-corrected chi connectivity index (χ1v) is 8.49. The largest absolute Gasteiger partial charge is 0.496 e. The maximum Gasteiger partial charge on any atom is 0.243 e. The molecule has 0 atom stereocenters. The van der Waals surface area contributed by atoms with Crippen LogP contribution in [0.1, 0.15) is 12.8 Å². The summed E-state index contributed by atoms with van der Waals surface area (Å²) >= 11 is 3.30. The molecule has 1 aromatic carbocycles. The number of hydrogen-bond acceptors (Lipinski definition) is 3. The molecule has 1 aromatic rings. The van der Waals surface area contributed by atoms with E-state index in [1.165, 1.54) is 17.5 Å². The van der Waals surface area contributed by atoms with Gasteiger partial charge in [0.25, 0.3) is 0 Å². The highest BCUT2D eigenvalue weighted by Crippen LogP contribution is 2.33. The van der Waals surface area contributed by atoms with Crippen molar-refractivity contribution < 1.29 is 13.2 Å². The van der Waals surface area contributed by atoms with Crippen LogP contribution in [0.2, 0.25) is 0 Å². The van der Waals surface area contributed by atoms with Gasteiger partial charge in [-0.15, -0.1) is 6.42 Å². The Morgan fingerprint density at radius 2 is 2.20 bits per heavy atom. The first kappa shape index (κ1) is 15.4. The van der Waals surface area contributed by atoms with E-state index < -0.39 is 10.0 Å². The second-order valence-electron chi connectivity index (χ2n) is 4.74. The Labute approximate surface area is 128 Å². The number of benzene rings is 1. The first-order valence-electron chi connectivity index (χ1n) is 6.26. The first-order chi connectivity index (χ1) is 9.48. The highest BCUT2D eigenvalue weighted by Gasteiger charge is 2.31. The molecule has 20 heavy (non-hydrogen) atoms. The summed E-state index contributed by atoms with van der Waals surface area (Å²) < 4.78 is 32.3.